The fraction of sp³-hybridized carbons (Fsp3) is 0.654. The second-order valence-corrected chi connectivity index (χ2v) is 14.9. The van der Waals surface area contributed by atoms with Crippen molar-refractivity contribution in [2.45, 2.75) is 87.9 Å². The molecule has 5 heterocycles. The third-order valence-corrected chi connectivity index (χ3v) is 11.4. The van der Waals surface area contributed by atoms with Crippen LogP contribution in [0.25, 0.3) is 15.9 Å². The maximum atomic E-state index is 10.9. The summed E-state index contributed by atoms with van der Waals surface area (Å²) < 4.78 is 14.1. The van der Waals surface area contributed by atoms with E-state index in [0.717, 1.165) is 40.7 Å². The molecule has 2 atom stereocenters. The normalized spacial score (nSPS) is 26.8. The summed E-state index contributed by atoms with van der Waals surface area (Å²) in [6.07, 6.45) is 8.53. The fourth-order valence-electron chi connectivity index (χ4n) is 5.73. The second kappa shape index (κ2) is 8.55. The van der Waals surface area contributed by atoms with Crippen LogP contribution in [0.2, 0.25) is 0 Å². The SMILES string of the molecule is Cc1nnc(-c2c(C3CC3)nc3c(N4CCC5(CC4)COC(C)C5O)cc(SNC4(C)CC4)cn23)[se]1. The summed E-state index contributed by atoms with van der Waals surface area (Å²) in [4.78, 5) is 8.98. The number of piperidine rings is 1. The molecule has 2 N–H and O–H groups in total. The van der Waals surface area contributed by atoms with Crippen molar-refractivity contribution in [3.8, 4) is 10.3 Å². The zero-order valence-electron chi connectivity index (χ0n) is 21.2. The number of rotatable bonds is 6. The number of fused-ring (bicyclic) bond motifs is 1. The molecule has 4 aliphatic rings. The molecule has 8 nitrogen and oxygen atoms in total. The molecule has 2 aliphatic heterocycles. The second-order valence-electron chi connectivity index (χ2n) is 11.6. The van der Waals surface area contributed by atoms with Crippen LogP contribution in [-0.2, 0) is 4.74 Å². The van der Waals surface area contributed by atoms with E-state index in [1.165, 1.54) is 47.7 Å². The number of anilines is 1. The van der Waals surface area contributed by atoms with Gasteiger partial charge >= 0.3 is 223 Å². The van der Waals surface area contributed by atoms with E-state index in [-0.39, 0.29) is 37.7 Å². The van der Waals surface area contributed by atoms with Crippen molar-refractivity contribution in [1.29, 1.82) is 0 Å². The van der Waals surface area contributed by atoms with Gasteiger partial charge in [-0.05, 0) is 0 Å². The summed E-state index contributed by atoms with van der Waals surface area (Å²) in [7, 11) is 0. The summed E-state index contributed by atoms with van der Waals surface area (Å²) in [5.41, 5.74) is 4.73. The van der Waals surface area contributed by atoms with Gasteiger partial charge in [-0.15, -0.1) is 0 Å². The summed E-state index contributed by atoms with van der Waals surface area (Å²) in [6, 6.07) is 2.32. The standard InChI is InChI=1S/C26H34N6O2SSe/c1-15-22(33)26(14-34-15)8-10-31(11-9-26)19-12-18(35-30-25(3)6-7-25)13-32-21(24-29-28-16(2)36-24)20(17-4-5-17)27-23(19)32/h12-13,15,17,22,30,33H,4-11,14H2,1-3H3. The van der Waals surface area contributed by atoms with E-state index < -0.39 is 0 Å². The Morgan fingerprint density at radius 3 is 2.58 bits per heavy atom. The molecule has 4 fully saturated rings. The van der Waals surface area contributed by atoms with E-state index in [1.807, 2.05) is 6.92 Å². The van der Waals surface area contributed by atoms with Gasteiger partial charge in [-0.2, -0.15) is 0 Å². The van der Waals surface area contributed by atoms with Gasteiger partial charge in [0, 0.05) is 0 Å². The van der Waals surface area contributed by atoms with Crippen molar-refractivity contribution in [3.63, 3.8) is 0 Å². The van der Waals surface area contributed by atoms with Crippen molar-refractivity contribution < 1.29 is 9.84 Å². The first-order valence-corrected chi connectivity index (χ1v) is 15.7. The molecule has 0 amide bonds. The van der Waals surface area contributed by atoms with Crippen molar-refractivity contribution >= 4 is 37.8 Å². The average Bonchev–Trinajstić information content (AvgIpc) is 3.76. The minimum atomic E-state index is -0.379. The van der Waals surface area contributed by atoms with Gasteiger partial charge in [0.05, 0.1) is 0 Å². The van der Waals surface area contributed by atoms with Crippen molar-refractivity contribution in [2.24, 2.45) is 5.41 Å². The van der Waals surface area contributed by atoms with Crippen LogP contribution in [0.15, 0.2) is 17.2 Å². The van der Waals surface area contributed by atoms with Gasteiger partial charge in [0.25, 0.3) is 0 Å². The van der Waals surface area contributed by atoms with Crippen LogP contribution in [0.3, 0.4) is 0 Å². The number of hydrogen-bond acceptors (Lipinski definition) is 8. The third kappa shape index (κ3) is 4.05. The zero-order chi connectivity index (χ0) is 24.7. The quantitative estimate of drug-likeness (QED) is 0.342. The molecular formula is C26H34N6O2SSe. The van der Waals surface area contributed by atoms with Crippen LogP contribution in [0.5, 0.6) is 0 Å². The summed E-state index contributed by atoms with van der Waals surface area (Å²) in [5.74, 6) is 0.531. The van der Waals surface area contributed by atoms with Crippen LogP contribution in [0.4, 0.5) is 5.69 Å². The van der Waals surface area contributed by atoms with Gasteiger partial charge in [-0.25, -0.2) is 0 Å². The van der Waals surface area contributed by atoms with Gasteiger partial charge in [0.15, 0.2) is 0 Å². The molecule has 7 rings (SSSR count). The van der Waals surface area contributed by atoms with Crippen LogP contribution in [-0.4, -0.2) is 76.6 Å². The Morgan fingerprint density at radius 2 is 1.97 bits per heavy atom. The number of ether oxygens (including phenoxy) is 1. The van der Waals surface area contributed by atoms with Gasteiger partial charge in [0.1, 0.15) is 0 Å². The molecule has 2 unspecified atom stereocenters. The number of aliphatic hydroxyl groups is 1. The Morgan fingerprint density at radius 1 is 1.19 bits per heavy atom. The van der Waals surface area contributed by atoms with Crippen LogP contribution < -0.4 is 9.62 Å². The topological polar surface area (TPSA) is 87.8 Å². The van der Waals surface area contributed by atoms with Crippen molar-refractivity contribution in [3.05, 3.63) is 22.5 Å². The van der Waals surface area contributed by atoms with Crippen molar-refractivity contribution in [2.75, 3.05) is 24.6 Å². The number of nitrogens with one attached hydrogen (secondary N) is 1. The first kappa shape index (κ1) is 23.7. The molecule has 3 aromatic rings. The van der Waals surface area contributed by atoms with Crippen LogP contribution in [0, 0.1) is 12.3 Å². The van der Waals surface area contributed by atoms with Gasteiger partial charge in [-0.1, -0.05) is 0 Å². The number of pyridine rings is 1. The Labute approximate surface area is 222 Å². The number of aliphatic hydroxyl groups excluding tert-OH is 1. The number of imidazole rings is 1. The Balaban J connectivity index is 1.30. The molecule has 2 saturated heterocycles. The minimum absolute atomic E-state index is 0.0754. The third-order valence-electron chi connectivity index (χ3n) is 8.62. The maximum absolute atomic E-state index is 10.9. The number of hydrogen-bond donors (Lipinski definition) is 2. The summed E-state index contributed by atoms with van der Waals surface area (Å²) in [6.45, 7) is 8.83. The van der Waals surface area contributed by atoms with Gasteiger partial charge in [-0.3, -0.25) is 0 Å². The molecule has 0 bridgehead atoms. The molecule has 0 aromatic carbocycles. The molecule has 2 saturated carbocycles. The predicted molar refractivity (Wildman–Crippen MR) is 142 cm³/mol. The molecule has 2 aliphatic carbocycles. The number of aryl methyl sites for hydroxylation is 1. The molecule has 1 spiro atoms. The van der Waals surface area contributed by atoms with Crippen LogP contribution >= 0.6 is 11.9 Å². The Bertz CT molecular complexity index is 1310. The van der Waals surface area contributed by atoms with Gasteiger partial charge < -0.3 is 0 Å². The van der Waals surface area contributed by atoms with E-state index >= 15 is 0 Å². The Kier molecular flexibility index (Phi) is 5.62. The van der Waals surface area contributed by atoms with Crippen molar-refractivity contribution in [1.82, 2.24) is 24.3 Å². The molecule has 10 heteroatoms. The van der Waals surface area contributed by atoms with Crippen LogP contribution in [0.1, 0.15) is 68.6 Å². The van der Waals surface area contributed by atoms with E-state index in [9.17, 15) is 5.11 Å². The zero-order valence-corrected chi connectivity index (χ0v) is 23.7. The van der Waals surface area contributed by atoms with Gasteiger partial charge in [0.2, 0.25) is 0 Å². The predicted octanol–water partition coefficient (Wildman–Crippen LogP) is 3.55. The first-order chi connectivity index (χ1) is 17.3. The first-order valence-electron chi connectivity index (χ1n) is 13.2. The fourth-order valence-corrected chi connectivity index (χ4v) is 8.19. The molecule has 36 heavy (non-hydrogen) atoms. The molecule has 3 aromatic heterocycles. The van der Waals surface area contributed by atoms with E-state index in [4.69, 9.17) is 9.72 Å². The van der Waals surface area contributed by atoms with E-state index in [2.05, 4.69) is 50.3 Å². The monoisotopic (exact) mass is 574 g/mol. The molecule has 0 radical (unpaired) electrons. The summed E-state index contributed by atoms with van der Waals surface area (Å²) in [5, 5.41) is 19.9. The number of aromatic nitrogens is 4. The van der Waals surface area contributed by atoms with E-state index in [1.54, 1.807) is 11.9 Å². The number of nitrogens with zero attached hydrogens (tertiary/aromatic N) is 5. The summed E-state index contributed by atoms with van der Waals surface area (Å²) >= 11 is 1.89. The molecular weight excluding hydrogens is 539 g/mol. The van der Waals surface area contributed by atoms with E-state index in [0.29, 0.717) is 12.5 Å². The Hall–Kier alpha value is -1.42. The average molecular weight is 574 g/mol. The molecule has 192 valence electrons.